The Morgan fingerprint density at radius 1 is 1.23 bits per heavy atom. The van der Waals surface area contributed by atoms with Crippen LogP contribution in [-0.4, -0.2) is 22.5 Å². The lowest BCUT2D eigenvalue weighted by Gasteiger charge is -2.12. The molecule has 0 aliphatic carbocycles. The average Bonchev–Trinajstić information content (AvgIpc) is 2.70. The van der Waals surface area contributed by atoms with Crippen LogP contribution < -0.4 is 15.4 Å². The van der Waals surface area contributed by atoms with E-state index in [-0.39, 0.29) is 15.8 Å². The molecule has 0 atom stereocenters. The van der Waals surface area contributed by atoms with E-state index in [9.17, 15) is 14.9 Å². The Kier molecular flexibility index (Phi) is 9.48. The maximum atomic E-state index is 12.4. The molecule has 160 valence electrons. The Bertz CT molecular complexity index is 942. The molecule has 0 bridgehead atoms. The number of unbranched alkanes of at least 4 members (excludes halogenated alkanes) is 3. The Balaban J connectivity index is 1.94. The van der Waals surface area contributed by atoms with Crippen molar-refractivity contribution in [3.05, 3.63) is 61.6 Å². The van der Waals surface area contributed by atoms with Crippen molar-refractivity contribution in [2.45, 2.75) is 32.6 Å². The molecule has 30 heavy (non-hydrogen) atoms. The summed E-state index contributed by atoms with van der Waals surface area (Å²) in [7, 11) is 0. The highest BCUT2D eigenvalue weighted by atomic mass is 79.9. The van der Waals surface area contributed by atoms with Crippen molar-refractivity contribution in [2.24, 2.45) is 0 Å². The standard InChI is InChI=1S/C20H21BrClN3O4S/c1-2-3-4-5-10-29-18-9-6-13(11-15(18)21)19(26)24-20(30)23-14-7-8-16(22)17(12-14)25(27)28/h6-9,11-12H,2-5,10H2,1H3,(H2,23,24,26,30). The quantitative estimate of drug-likeness (QED) is 0.182. The lowest BCUT2D eigenvalue weighted by molar-refractivity contribution is -0.384. The highest BCUT2D eigenvalue weighted by Crippen LogP contribution is 2.28. The van der Waals surface area contributed by atoms with Gasteiger partial charge in [0.15, 0.2) is 5.11 Å². The Labute approximate surface area is 193 Å². The van der Waals surface area contributed by atoms with Gasteiger partial charge in [-0.15, -0.1) is 0 Å². The third-order valence-corrected chi connectivity index (χ3v) is 5.22. The molecule has 0 spiro atoms. The number of ether oxygens (including phenoxy) is 1. The van der Waals surface area contributed by atoms with E-state index < -0.39 is 10.8 Å². The van der Waals surface area contributed by atoms with Crippen molar-refractivity contribution in [2.75, 3.05) is 11.9 Å². The van der Waals surface area contributed by atoms with Gasteiger partial charge in [-0.1, -0.05) is 37.8 Å². The fraction of sp³-hybridized carbons (Fsp3) is 0.300. The third kappa shape index (κ3) is 7.23. The van der Waals surface area contributed by atoms with Crippen molar-refractivity contribution in [1.29, 1.82) is 0 Å². The second kappa shape index (κ2) is 11.8. The Morgan fingerprint density at radius 2 is 2.00 bits per heavy atom. The van der Waals surface area contributed by atoms with E-state index in [1.54, 1.807) is 18.2 Å². The summed E-state index contributed by atoms with van der Waals surface area (Å²) < 4.78 is 6.40. The molecule has 0 aromatic heterocycles. The van der Waals surface area contributed by atoms with Crippen molar-refractivity contribution in [3.63, 3.8) is 0 Å². The molecule has 0 aliphatic heterocycles. The summed E-state index contributed by atoms with van der Waals surface area (Å²) in [6.07, 6.45) is 4.45. The lowest BCUT2D eigenvalue weighted by Crippen LogP contribution is -2.34. The summed E-state index contributed by atoms with van der Waals surface area (Å²) >= 11 is 14.3. The highest BCUT2D eigenvalue weighted by molar-refractivity contribution is 9.10. The molecule has 10 heteroatoms. The normalized spacial score (nSPS) is 10.4. The number of anilines is 1. The number of hydrogen-bond acceptors (Lipinski definition) is 5. The molecule has 2 N–H and O–H groups in total. The molecule has 0 heterocycles. The summed E-state index contributed by atoms with van der Waals surface area (Å²) in [4.78, 5) is 22.8. The maximum Gasteiger partial charge on any atom is 0.289 e. The van der Waals surface area contributed by atoms with Crippen molar-refractivity contribution in [1.82, 2.24) is 5.32 Å². The van der Waals surface area contributed by atoms with Gasteiger partial charge >= 0.3 is 0 Å². The second-order valence-corrected chi connectivity index (χ2v) is 8.06. The van der Waals surface area contributed by atoms with Gasteiger partial charge in [0.1, 0.15) is 10.8 Å². The minimum Gasteiger partial charge on any atom is -0.492 e. The molecule has 7 nitrogen and oxygen atoms in total. The Hall–Kier alpha value is -2.23. The number of amides is 1. The molecule has 0 aliphatic rings. The van der Waals surface area contributed by atoms with Crippen LogP contribution in [0.2, 0.25) is 5.02 Å². The fourth-order valence-electron chi connectivity index (χ4n) is 2.54. The SMILES string of the molecule is CCCCCCOc1ccc(C(=O)NC(=S)Nc2ccc(Cl)c([N+](=O)[O-])c2)cc1Br. The van der Waals surface area contributed by atoms with Crippen LogP contribution in [0.3, 0.4) is 0 Å². The summed E-state index contributed by atoms with van der Waals surface area (Å²) in [6, 6.07) is 9.15. The van der Waals surface area contributed by atoms with Crippen LogP contribution >= 0.6 is 39.7 Å². The number of nitrogens with zero attached hydrogens (tertiary/aromatic N) is 1. The average molecular weight is 515 g/mol. The van der Waals surface area contributed by atoms with Crippen LogP contribution in [0.25, 0.3) is 0 Å². The number of nitro benzene ring substituents is 1. The topological polar surface area (TPSA) is 93.5 Å². The Morgan fingerprint density at radius 3 is 2.67 bits per heavy atom. The zero-order valence-electron chi connectivity index (χ0n) is 16.2. The van der Waals surface area contributed by atoms with Gasteiger partial charge in [-0.25, -0.2) is 0 Å². The molecule has 0 saturated carbocycles. The molecule has 2 aromatic rings. The van der Waals surface area contributed by atoms with Crippen LogP contribution in [0, 0.1) is 10.1 Å². The summed E-state index contributed by atoms with van der Waals surface area (Å²) in [6.45, 7) is 2.77. The van der Waals surface area contributed by atoms with Crippen molar-refractivity contribution < 1.29 is 14.5 Å². The molecule has 1 amide bonds. The van der Waals surface area contributed by atoms with E-state index in [2.05, 4.69) is 33.5 Å². The van der Waals surface area contributed by atoms with Crippen LogP contribution in [0.5, 0.6) is 5.75 Å². The number of carbonyl (C=O) groups excluding carboxylic acids is 1. The number of carbonyl (C=O) groups is 1. The number of thiocarbonyl (C=S) groups is 1. The molecule has 0 saturated heterocycles. The monoisotopic (exact) mass is 513 g/mol. The number of halogens is 2. The van der Waals surface area contributed by atoms with E-state index in [0.29, 0.717) is 28.1 Å². The number of benzene rings is 2. The van der Waals surface area contributed by atoms with Crippen molar-refractivity contribution in [3.8, 4) is 5.75 Å². The first-order valence-corrected chi connectivity index (χ1v) is 10.9. The number of hydrogen-bond donors (Lipinski definition) is 2. The highest BCUT2D eigenvalue weighted by Gasteiger charge is 2.15. The van der Waals surface area contributed by atoms with E-state index in [4.69, 9.17) is 28.6 Å². The van der Waals surface area contributed by atoms with Gasteiger partial charge in [0, 0.05) is 17.3 Å². The maximum absolute atomic E-state index is 12.4. The predicted octanol–water partition coefficient (Wildman–Crippen LogP) is 6.10. The number of rotatable bonds is 9. The van der Waals surface area contributed by atoms with E-state index in [1.165, 1.54) is 31.0 Å². The minimum atomic E-state index is -0.597. The first-order valence-electron chi connectivity index (χ1n) is 9.30. The van der Waals surface area contributed by atoms with E-state index >= 15 is 0 Å². The molecule has 0 fully saturated rings. The number of nitrogens with one attached hydrogen (secondary N) is 2. The zero-order valence-corrected chi connectivity index (χ0v) is 19.4. The molecular weight excluding hydrogens is 494 g/mol. The molecule has 2 rings (SSSR count). The van der Waals surface area contributed by atoms with E-state index in [0.717, 1.165) is 12.8 Å². The molecule has 0 radical (unpaired) electrons. The number of nitro groups is 1. The van der Waals surface area contributed by atoms with Gasteiger partial charge in [-0.3, -0.25) is 20.2 Å². The summed E-state index contributed by atoms with van der Waals surface area (Å²) in [5.41, 5.74) is 0.459. The molecule has 0 unspecified atom stereocenters. The molecular formula is C20H21BrClN3O4S. The molecule has 2 aromatic carbocycles. The lowest BCUT2D eigenvalue weighted by atomic mass is 10.2. The van der Waals surface area contributed by atoms with Gasteiger partial charge in [0.2, 0.25) is 0 Å². The van der Waals surface area contributed by atoms with Gasteiger partial charge in [-0.05, 0) is 64.9 Å². The second-order valence-electron chi connectivity index (χ2n) is 6.39. The first-order chi connectivity index (χ1) is 14.3. The largest absolute Gasteiger partial charge is 0.492 e. The van der Waals surface area contributed by atoms with Crippen LogP contribution in [0.4, 0.5) is 11.4 Å². The van der Waals surface area contributed by atoms with Crippen LogP contribution in [-0.2, 0) is 0 Å². The van der Waals surface area contributed by atoms with Crippen LogP contribution in [0.1, 0.15) is 43.0 Å². The van der Waals surface area contributed by atoms with Gasteiger partial charge in [0.25, 0.3) is 11.6 Å². The van der Waals surface area contributed by atoms with Gasteiger partial charge in [0.05, 0.1) is 16.0 Å². The van der Waals surface area contributed by atoms with Gasteiger partial charge in [-0.2, -0.15) is 0 Å². The fourth-order valence-corrected chi connectivity index (χ4v) is 3.43. The first kappa shape index (κ1) is 24.0. The van der Waals surface area contributed by atoms with E-state index in [1.807, 2.05) is 0 Å². The third-order valence-electron chi connectivity index (χ3n) is 4.08. The summed E-state index contributed by atoms with van der Waals surface area (Å²) in [5, 5.41) is 16.3. The predicted molar refractivity (Wildman–Crippen MR) is 126 cm³/mol. The van der Waals surface area contributed by atoms with Gasteiger partial charge < -0.3 is 10.1 Å². The minimum absolute atomic E-state index is 0.00370. The van der Waals surface area contributed by atoms with Crippen LogP contribution in [0.15, 0.2) is 40.9 Å². The smallest absolute Gasteiger partial charge is 0.289 e. The zero-order chi connectivity index (χ0) is 22.1. The van der Waals surface area contributed by atoms with Crippen molar-refractivity contribution >= 4 is 62.1 Å². The summed E-state index contributed by atoms with van der Waals surface area (Å²) in [5.74, 6) is 0.239.